The third-order valence-corrected chi connectivity index (χ3v) is 2.46. The molecular weight excluding hydrogens is 126 g/mol. The molecule has 0 spiro atoms. The van der Waals surface area contributed by atoms with E-state index in [-0.39, 0.29) is 0 Å². The Hall–Kier alpha value is -0.830. The van der Waals surface area contributed by atoms with Gasteiger partial charge in [-0.2, -0.15) is 0 Å². The molecule has 3 nitrogen and oxygen atoms in total. The number of hydrogen-bond acceptors (Lipinski definition) is 3. The molecule has 0 aliphatic carbocycles. The van der Waals surface area contributed by atoms with Gasteiger partial charge in [-0.15, -0.1) is 0 Å². The average molecular weight is 135 g/mol. The molecule has 1 atom stereocenters. The van der Waals surface area contributed by atoms with Gasteiger partial charge in [-0.05, 0) is 0 Å². The standard InChI is InChI=1S/C7H9N3/c1-5-2-9-6(1)7-3-8-4-10(5)7/h2,5,8H,1,3-4H2. The van der Waals surface area contributed by atoms with Crippen molar-refractivity contribution in [3.8, 4) is 0 Å². The Morgan fingerprint density at radius 3 is 3.60 bits per heavy atom. The predicted octanol–water partition coefficient (Wildman–Crippen LogP) is -0.0826. The molecule has 0 aromatic heterocycles. The molecule has 0 aromatic carbocycles. The molecule has 2 bridgehead atoms. The molecule has 0 saturated carbocycles. The minimum atomic E-state index is 0.597. The first kappa shape index (κ1) is 4.91. The summed E-state index contributed by atoms with van der Waals surface area (Å²) in [6, 6.07) is 0.597. The third-order valence-electron chi connectivity index (χ3n) is 2.46. The lowest BCUT2D eigenvalue weighted by molar-refractivity contribution is 0.372. The predicted molar refractivity (Wildman–Crippen MR) is 38.6 cm³/mol. The molecule has 3 aliphatic rings. The molecule has 3 heterocycles. The van der Waals surface area contributed by atoms with Crippen LogP contribution in [0.15, 0.2) is 16.4 Å². The van der Waals surface area contributed by atoms with Crippen LogP contribution in [0.25, 0.3) is 0 Å². The molecule has 1 unspecified atom stereocenters. The zero-order valence-corrected chi connectivity index (χ0v) is 5.67. The number of nitrogens with one attached hydrogen (secondary N) is 1. The van der Waals surface area contributed by atoms with Crippen molar-refractivity contribution < 1.29 is 0 Å². The van der Waals surface area contributed by atoms with E-state index in [0.29, 0.717) is 6.04 Å². The maximum Gasteiger partial charge on any atom is 0.0711 e. The smallest absolute Gasteiger partial charge is 0.0711 e. The van der Waals surface area contributed by atoms with Crippen LogP contribution in [-0.4, -0.2) is 30.4 Å². The fourth-order valence-electron chi connectivity index (χ4n) is 1.94. The topological polar surface area (TPSA) is 27.6 Å². The van der Waals surface area contributed by atoms with Crippen molar-refractivity contribution in [3.63, 3.8) is 0 Å². The zero-order chi connectivity index (χ0) is 6.55. The van der Waals surface area contributed by atoms with Gasteiger partial charge in [-0.25, -0.2) is 0 Å². The first-order valence-corrected chi connectivity index (χ1v) is 3.69. The average Bonchev–Trinajstić information content (AvgIpc) is 2.60. The van der Waals surface area contributed by atoms with Crippen molar-refractivity contribution in [1.82, 2.24) is 10.2 Å². The van der Waals surface area contributed by atoms with Crippen LogP contribution in [0.3, 0.4) is 0 Å². The summed E-state index contributed by atoms with van der Waals surface area (Å²) in [4.78, 5) is 6.72. The molecule has 0 aromatic rings. The van der Waals surface area contributed by atoms with Crippen molar-refractivity contribution in [2.75, 3.05) is 13.2 Å². The normalized spacial score (nSPS) is 34.4. The van der Waals surface area contributed by atoms with Gasteiger partial charge in [0.05, 0.1) is 24.1 Å². The van der Waals surface area contributed by atoms with Crippen molar-refractivity contribution in [2.24, 2.45) is 4.99 Å². The Morgan fingerprint density at radius 1 is 1.70 bits per heavy atom. The summed E-state index contributed by atoms with van der Waals surface area (Å²) in [5, 5.41) is 3.31. The van der Waals surface area contributed by atoms with Gasteiger partial charge in [0.15, 0.2) is 0 Å². The molecular formula is C7H9N3. The number of aliphatic imine (C=N–C) groups is 1. The van der Waals surface area contributed by atoms with Crippen LogP contribution in [0.5, 0.6) is 0 Å². The van der Waals surface area contributed by atoms with Gasteiger partial charge in [0, 0.05) is 19.2 Å². The molecule has 0 radical (unpaired) electrons. The van der Waals surface area contributed by atoms with E-state index in [1.165, 1.54) is 11.4 Å². The Morgan fingerprint density at radius 2 is 2.70 bits per heavy atom. The lowest BCUT2D eigenvalue weighted by Crippen LogP contribution is -2.30. The summed E-state index contributed by atoms with van der Waals surface area (Å²) in [6.07, 6.45) is 3.23. The minimum absolute atomic E-state index is 0.597. The van der Waals surface area contributed by atoms with Crippen LogP contribution in [0.1, 0.15) is 6.42 Å². The Balaban J connectivity index is 2.15. The number of nitrogens with zero attached hydrogens (tertiary/aromatic N) is 2. The fraction of sp³-hybridized carbons (Fsp3) is 0.571. The van der Waals surface area contributed by atoms with Gasteiger partial charge >= 0.3 is 0 Å². The van der Waals surface area contributed by atoms with Gasteiger partial charge in [0.25, 0.3) is 0 Å². The molecule has 3 rings (SSSR count). The van der Waals surface area contributed by atoms with E-state index >= 15 is 0 Å². The highest BCUT2D eigenvalue weighted by atomic mass is 15.3. The van der Waals surface area contributed by atoms with Crippen molar-refractivity contribution in [3.05, 3.63) is 11.4 Å². The Kier molecular flexibility index (Phi) is 0.699. The van der Waals surface area contributed by atoms with Crippen molar-refractivity contribution in [1.29, 1.82) is 0 Å². The Bertz CT molecular complexity index is 241. The lowest BCUT2D eigenvalue weighted by Gasteiger charge is -2.19. The maximum atomic E-state index is 4.32. The summed E-state index contributed by atoms with van der Waals surface area (Å²) >= 11 is 0. The highest BCUT2D eigenvalue weighted by Gasteiger charge is 2.36. The number of rotatable bonds is 0. The van der Waals surface area contributed by atoms with E-state index in [4.69, 9.17) is 0 Å². The van der Waals surface area contributed by atoms with E-state index in [1.54, 1.807) is 0 Å². The third kappa shape index (κ3) is 0.399. The second-order valence-corrected chi connectivity index (χ2v) is 3.00. The lowest BCUT2D eigenvalue weighted by atomic mass is 10.3. The summed E-state index contributed by atoms with van der Waals surface area (Å²) in [5.74, 6) is 0. The monoisotopic (exact) mass is 135 g/mol. The zero-order valence-electron chi connectivity index (χ0n) is 5.67. The quantitative estimate of drug-likeness (QED) is 0.503. The van der Waals surface area contributed by atoms with E-state index in [1.807, 2.05) is 0 Å². The van der Waals surface area contributed by atoms with E-state index in [0.717, 1.165) is 19.6 Å². The highest BCUT2D eigenvalue weighted by Crippen LogP contribution is 2.34. The fourth-order valence-corrected chi connectivity index (χ4v) is 1.94. The van der Waals surface area contributed by atoms with Crippen LogP contribution >= 0.6 is 0 Å². The SMILES string of the molecule is C1=NC2=C3CNCN3C1C2. The number of fused-ring (bicyclic) bond motifs is 4. The van der Waals surface area contributed by atoms with E-state index in [9.17, 15) is 0 Å². The van der Waals surface area contributed by atoms with Gasteiger partial charge in [-0.3, -0.25) is 10.3 Å². The van der Waals surface area contributed by atoms with Crippen LogP contribution in [0, 0.1) is 0 Å². The molecule has 52 valence electrons. The first-order chi connectivity index (χ1) is 4.95. The summed E-state index contributed by atoms with van der Waals surface area (Å²) in [5.41, 5.74) is 2.75. The summed E-state index contributed by atoms with van der Waals surface area (Å²) in [7, 11) is 0. The summed E-state index contributed by atoms with van der Waals surface area (Å²) in [6.45, 7) is 2.05. The van der Waals surface area contributed by atoms with Crippen LogP contribution in [0.4, 0.5) is 0 Å². The van der Waals surface area contributed by atoms with Crippen LogP contribution in [0.2, 0.25) is 0 Å². The van der Waals surface area contributed by atoms with Gasteiger partial charge < -0.3 is 4.90 Å². The maximum absolute atomic E-state index is 4.32. The molecule has 10 heavy (non-hydrogen) atoms. The first-order valence-electron chi connectivity index (χ1n) is 3.69. The van der Waals surface area contributed by atoms with Crippen molar-refractivity contribution in [2.45, 2.75) is 12.5 Å². The molecule has 1 fully saturated rings. The molecule has 0 amide bonds. The summed E-state index contributed by atoms with van der Waals surface area (Å²) < 4.78 is 0. The second kappa shape index (κ2) is 1.42. The molecule has 3 heteroatoms. The molecule has 1 saturated heterocycles. The Labute approximate surface area is 59.4 Å². The van der Waals surface area contributed by atoms with Crippen molar-refractivity contribution >= 4 is 6.21 Å². The van der Waals surface area contributed by atoms with Crippen LogP contribution < -0.4 is 5.32 Å². The molecule has 1 N–H and O–H groups in total. The largest absolute Gasteiger partial charge is 0.351 e. The molecule has 3 aliphatic heterocycles. The number of hydrogen-bond donors (Lipinski definition) is 1. The van der Waals surface area contributed by atoms with Gasteiger partial charge in [0.1, 0.15) is 0 Å². The van der Waals surface area contributed by atoms with E-state index in [2.05, 4.69) is 21.4 Å². The van der Waals surface area contributed by atoms with Gasteiger partial charge in [-0.1, -0.05) is 0 Å². The van der Waals surface area contributed by atoms with E-state index < -0.39 is 0 Å². The highest BCUT2D eigenvalue weighted by molar-refractivity contribution is 5.73. The minimum Gasteiger partial charge on any atom is -0.351 e. The van der Waals surface area contributed by atoms with Gasteiger partial charge in [0.2, 0.25) is 0 Å². The van der Waals surface area contributed by atoms with Crippen LogP contribution in [-0.2, 0) is 0 Å². The second-order valence-electron chi connectivity index (χ2n) is 3.00.